The SMILES string of the molecule is CC(C)(C)C[C@@H]1N[C@@H](C(=O)Nc2ccc(C(=O)O)cc2)[C@H](c2cccc(Cl)c2F)[C@@]1(C#N)c1ccc(Cl)cn1. The Bertz CT molecular complexity index is 1430. The number of carboxylic acids is 1. The molecule has 1 aromatic heterocycles. The number of anilines is 1. The fourth-order valence-corrected chi connectivity index (χ4v) is 5.54. The van der Waals surface area contributed by atoms with E-state index in [2.05, 4.69) is 21.7 Å². The second-order valence-corrected chi connectivity index (χ2v) is 11.6. The van der Waals surface area contributed by atoms with Crippen molar-refractivity contribution in [2.45, 2.75) is 50.6 Å². The molecule has 10 heteroatoms. The maximum absolute atomic E-state index is 15.7. The number of hydrogen-bond donors (Lipinski definition) is 3. The summed E-state index contributed by atoms with van der Waals surface area (Å²) in [5.74, 6) is -3.37. The van der Waals surface area contributed by atoms with Crippen LogP contribution in [0.25, 0.3) is 0 Å². The first-order chi connectivity index (χ1) is 18.4. The van der Waals surface area contributed by atoms with Crippen LogP contribution in [0.1, 0.15) is 54.7 Å². The minimum Gasteiger partial charge on any atom is -0.478 e. The zero-order valence-electron chi connectivity index (χ0n) is 21.5. The molecule has 1 fully saturated rings. The summed E-state index contributed by atoms with van der Waals surface area (Å²) in [4.78, 5) is 29.5. The number of nitriles is 1. The highest BCUT2D eigenvalue weighted by molar-refractivity contribution is 6.31. The third kappa shape index (κ3) is 5.62. The Labute approximate surface area is 236 Å². The van der Waals surface area contributed by atoms with E-state index >= 15 is 4.39 Å². The van der Waals surface area contributed by atoms with Crippen molar-refractivity contribution in [1.82, 2.24) is 10.3 Å². The molecule has 1 saturated heterocycles. The molecule has 3 N–H and O–H groups in total. The van der Waals surface area contributed by atoms with Gasteiger partial charge in [0.15, 0.2) is 0 Å². The van der Waals surface area contributed by atoms with Gasteiger partial charge in [0.05, 0.1) is 33.4 Å². The third-order valence-corrected chi connectivity index (χ3v) is 7.42. The highest BCUT2D eigenvalue weighted by Gasteiger charge is 2.61. The lowest BCUT2D eigenvalue weighted by atomic mass is 9.64. The van der Waals surface area contributed by atoms with Gasteiger partial charge >= 0.3 is 5.97 Å². The first-order valence-corrected chi connectivity index (χ1v) is 13.0. The number of amides is 1. The normalized spacial score (nSPS) is 22.7. The van der Waals surface area contributed by atoms with Crippen LogP contribution in [0.4, 0.5) is 10.1 Å². The summed E-state index contributed by atoms with van der Waals surface area (Å²) in [5, 5.41) is 26.4. The molecule has 202 valence electrons. The molecule has 0 bridgehead atoms. The number of aromatic nitrogens is 1. The van der Waals surface area contributed by atoms with Crippen molar-refractivity contribution in [1.29, 1.82) is 5.26 Å². The molecule has 3 aromatic rings. The molecule has 0 radical (unpaired) electrons. The van der Waals surface area contributed by atoms with Crippen molar-refractivity contribution in [2.75, 3.05) is 5.32 Å². The van der Waals surface area contributed by atoms with Crippen molar-refractivity contribution >= 4 is 40.8 Å². The van der Waals surface area contributed by atoms with E-state index in [0.717, 1.165) is 0 Å². The monoisotopic (exact) mass is 568 g/mol. The van der Waals surface area contributed by atoms with Gasteiger partial charge in [-0.3, -0.25) is 9.78 Å². The Morgan fingerprint density at radius 1 is 1.15 bits per heavy atom. The van der Waals surface area contributed by atoms with Gasteiger partial charge in [0.25, 0.3) is 0 Å². The van der Waals surface area contributed by atoms with E-state index in [0.29, 0.717) is 22.8 Å². The Balaban J connectivity index is 1.89. The first kappa shape index (κ1) is 28.5. The second-order valence-electron chi connectivity index (χ2n) is 10.8. The molecule has 4 atom stereocenters. The van der Waals surface area contributed by atoms with Crippen LogP contribution in [0, 0.1) is 22.6 Å². The number of nitrogens with zero attached hydrogens (tertiary/aromatic N) is 2. The Kier molecular flexibility index (Phi) is 7.99. The Hall–Kier alpha value is -3.51. The van der Waals surface area contributed by atoms with E-state index in [-0.39, 0.29) is 21.6 Å². The molecule has 0 unspecified atom stereocenters. The maximum atomic E-state index is 15.7. The fraction of sp³-hybridized carbons (Fsp3) is 0.310. The molecular weight excluding hydrogens is 542 g/mol. The molecular formula is C29H27Cl2FN4O3. The molecule has 1 aliphatic heterocycles. The van der Waals surface area contributed by atoms with Gasteiger partial charge < -0.3 is 15.7 Å². The van der Waals surface area contributed by atoms with E-state index in [4.69, 9.17) is 23.2 Å². The van der Waals surface area contributed by atoms with Crippen LogP contribution in [-0.2, 0) is 10.2 Å². The number of halogens is 3. The Morgan fingerprint density at radius 3 is 2.41 bits per heavy atom. The molecule has 2 heterocycles. The number of benzene rings is 2. The van der Waals surface area contributed by atoms with Gasteiger partial charge in [0.1, 0.15) is 11.2 Å². The van der Waals surface area contributed by atoms with Crippen molar-refractivity contribution in [3.05, 3.63) is 93.5 Å². The quantitative estimate of drug-likeness (QED) is 0.326. The van der Waals surface area contributed by atoms with Gasteiger partial charge in [-0.05, 0) is 59.9 Å². The maximum Gasteiger partial charge on any atom is 0.335 e. The van der Waals surface area contributed by atoms with E-state index in [1.807, 2.05) is 20.8 Å². The van der Waals surface area contributed by atoms with Gasteiger partial charge in [-0.15, -0.1) is 0 Å². The zero-order valence-corrected chi connectivity index (χ0v) is 23.0. The van der Waals surface area contributed by atoms with Crippen LogP contribution in [0.2, 0.25) is 10.0 Å². The summed E-state index contributed by atoms with van der Waals surface area (Å²) in [7, 11) is 0. The van der Waals surface area contributed by atoms with Crippen LogP contribution in [0.3, 0.4) is 0 Å². The average Bonchev–Trinajstić information content (AvgIpc) is 3.19. The molecule has 1 amide bonds. The van der Waals surface area contributed by atoms with Gasteiger partial charge in [0, 0.05) is 23.8 Å². The smallest absolute Gasteiger partial charge is 0.335 e. The lowest BCUT2D eigenvalue weighted by Crippen LogP contribution is -2.44. The Morgan fingerprint density at radius 2 is 1.85 bits per heavy atom. The molecule has 4 rings (SSSR count). The van der Waals surface area contributed by atoms with Crippen LogP contribution < -0.4 is 10.6 Å². The highest BCUT2D eigenvalue weighted by atomic mass is 35.5. The second kappa shape index (κ2) is 10.9. The van der Waals surface area contributed by atoms with Gasteiger partial charge in [0.2, 0.25) is 5.91 Å². The topological polar surface area (TPSA) is 115 Å². The number of aromatic carboxylic acids is 1. The summed E-state index contributed by atoms with van der Waals surface area (Å²) in [6, 6.07) is 14.2. The summed E-state index contributed by atoms with van der Waals surface area (Å²) < 4.78 is 15.7. The van der Waals surface area contributed by atoms with Crippen molar-refractivity contribution in [2.24, 2.45) is 5.41 Å². The largest absolute Gasteiger partial charge is 0.478 e. The van der Waals surface area contributed by atoms with Crippen LogP contribution in [0.15, 0.2) is 60.8 Å². The molecule has 0 aliphatic carbocycles. The first-order valence-electron chi connectivity index (χ1n) is 12.2. The lowest BCUT2D eigenvalue weighted by molar-refractivity contribution is -0.118. The molecule has 0 spiro atoms. The van der Waals surface area contributed by atoms with Crippen molar-refractivity contribution in [3.8, 4) is 6.07 Å². The summed E-state index contributed by atoms with van der Waals surface area (Å²) >= 11 is 12.3. The minimum absolute atomic E-state index is 0.0633. The van der Waals surface area contributed by atoms with Crippen LogP contribution in [0.5, 0.6) is 0 Å². The number of hydrogen-bond acceptors (Lipinski definition) is 5. The van der Waals surface area contributed by atoms with Gasteiger partial charge in [-0.1, -0.05) is 56.1 Å². The van der Waals surface area contributed by atoms with E-state index in [1.165, 1.54) is 42.6 Å². The summed E-state index contributed by atoms with van der Waals surface area (Å²) in [6.45, 7) is 6.04. The van der Waals surface area contributed by atoms with Crippen LogP contribution in [-0.4, -0.2) is 34.1 Å². The summed E-state index contributed by atoms with van der Waals surface area (Å²) in [6.07, 6.45) is 1.88. The number of carbonyl (C=O) groups is 2. The molecule has 39 heavy (non-hydrogen) atoms. The van der Waals surface area contributed by atoms with E-state index in [1.54, 1.807) is 18.2 Å². The molecule has 7 nitrogen and oxygen atoms in total. The predicted molar refractivity (Wildman–Crippen MR) is 148 cm³/mol. The minimum atomic E-state index is -1.47. The van der Waals surface area contributed by atoms with Crippen molar-refractivity contribution in [3.63, 3.8) is 0 Å². The van der Waals surface area contributed by atoms with E-state index < -0.39 is 41.1 Å². The lowest BCUT2D eigenvalue weighted by Gasteiger charge is -2.36. The highest BCUT2D eigenvalue weighted by Crippen LogP contribution is 2.51. The number of nitrogens with one attached hydrogen (secondary N) is 2. The summed E-state index contributed by atoms with van der Waals surface area (Å²) in [5.41, 5.74) is -0.884. The number of carboxylic acid groups (broad SMARTS) is 1. The fourth-order valence-electron chi connectivity index (χ4n) is 5.25. The number of carbonyl (C=O) groups excluding carboxylic acids is 1. The average molecular weight is 569 g/mol. The molecule has 2 aromatic carbocycles. The molecule has 1 aliphatic rings. The number of rotatable bonds is 6. The third-order valence-electron chi connectivity index (χ3n) is 6.91. The van der Waals surface area contributed by atoms with Crippen LogP contribution >= 0.6 is 23.2 Å². The molecule has 0 saturated carbocycles. The number of pyridine rings is 1. The van der Waals surface area contributed by atoms with Gasteiger partial charge in [-0.2, -0.15) is 5.26 Å². The zero-order chi connectivity index (χ0) is 28.5. The van der Waals surface area contributed by atoms with Gasteiger partial charge in [-0.25, -0.2) is 9.18 Å². The van der Waals surface area contributed by atoms with Crippen molar-refractivity contribution < 1.29 is 19.1 Å². The predicted octanol–water partition coefficient (Wildman–Crippen LogP) is 6.19. The van der Waals surface area contributed by atoms with E-state index in [9.17, 15) is 20.0 Å². The standard InChI is InChI=1S/C29H27Cl2FN4O3/c1-28(2,3)13-22-29(15-33,21-12-9-17(30)14-34-21)23(19-5-4-6-20(31)24(19)32)25(36-22)26(37)35-18-10-7-16(8-11-18)27(38)39/h4-12,14,22-23,25,36H,13H2,1-3H3,(H,35,37)(H,38,39)/t22-,23-,25+,29-/m0/s1.